The van der Waals surface area contributed by atoms with Gasteiger partial charge in [0.15, 0.2) is 5.78 Å². The van der Waals surface area contributed by atoms with Crippen LogP contribution in [0.2, 0.25) is 0 Å². The molecular weight excluding hydrogens is 588 g/mol. The second-order valence-corrected chi connectivity index (χ2v) is 12.0. The van der Waals surface area contributed by atoms with Crippen molar-refractivity contribution in [1.29, 1.82) is 0 Å². The first kappa shape index (κ1) is 35.3. The molecule has 0 radical (unpaired) electrons. The van der Waals surface area contributed by atoms with Crippen LogP contribution in [0, 0.1) is 5.92 Å². The van der Waals surface area contributed by atoms with Gasteiger partial charge in [0.05, 0.1) is 20.8 Å². The highest BCUT2D eigenvalue weighted by Crippen LogP contribution is 2.24. The van der Waals surface area contributed by atoms with E-state index in [1.54, 1.807) is 14.2 Å². The van der Waals surface area contributed by atoms with Crippen LogP contribution in [-0.2, 0) is 42.3 Å². The number of esters is 1. The lowest BCUT2D eigenvalue weighted by Gasteiger charge is -2.19. The maximum Gasteiger partial charge on any atom is 0.305 e. The SMILES string of the molecule is CCOC(=O)CCCc1cc(C(=O)c2cccc(NCC(CCc3ccc(OC)cc3)CCc3ccc(OC)cc3)c2)c(CC)n1C. The number of methoxy groups -OCH3 is 2. The Bertz CT molecular complexity index is 1520. The third kappa shape index (κ3) is 10.2. The molecule has 1 heterocycles. The van der Waals surface area contributed by atoms with E-state index in [1.807, 2.05) is 68.6 Å². The molecule has 7 heteroatoms. The van der Waals surface area contributed by atoms with Crippen molar-refractivity contribution in [3.05, 3.63) is 113 Å². The molecule has 0 bridgehead atoms. The van der Waals surface area contributed by atoms with Gasteiger partial charge in [-0.05, 0) is 111 Å². The number of nitrogens with zero attached hydrogens (tertiary/aromatic N) is 1. The van der Waals surface area contributed by atoms with Gasteiger partial charge in [-0.3, -0.25) is 9.59 Å². The topological polar surface area (TPSA) is 78.8 Å². The molecule has 4 aromatic rings. The van der Waals surface area contributed by atoms with E-state index in [-0.39, 0.29) is 11.8 Å². The first-order valence-electron chi connectivity index (χ1n) is 16.8. The van der Waals surface area contributed by atoms with Gasteiger partial charge in [-0.1, -0.05) is 43.3 Å². The molecule has 47 heavy (non-hydrogen) atoms. The Labute approximate surface area is 280 Å². The van der Waals surface area contributed by atoms with Crippen LogP contribution >= 0.6 is 0 Å². The summed E-state index contributed by atoms with van der Waals surface area (Å²) in [4.78, 5) is 25.6. The van der Waals surface area contributed by atoms with Gasteiger partial charge in [0, 0.05) is 48.2 Å². The van der Waals surface area contributed by atoms with Crippen molar-refractivity contribution in [1.82, 2.24) is 4.57 Å². The highest BCUT2D eigenvalue weighted by molar-refractivity contribution is 6.10. The Morgan fingerprint density at radius 1 is 0.809 bits per heavy atom. The lowest BCUT2D eigenvalue weighted by Crippen LogP contribution is -2.16. The molecule has 7 nitrogen and oxygen atoms in total. The van der Waals surface area contributed by atoms with Crippen molar-refractivity contribution in [2.45, 2.75) is 65.2 Å². The fourth-order valence-corrected chi connectivity index (χ4v) is 6.07. The van der Waals surface area contributed by atoms with E-state index in [9.17, 15) is 9.59 Å². The summed E-state index contributed by atoms with van der Waals surface area (Å²) < 4.78 is 17.8. The molecule has 0 saturated heterocycles. The Morgan fingerprint density at radius 3 is 1.98 bits per heavy atom. The quantitative estimate of drug-likeness (QED) is 0.0828. The number of aromatic nitrogens is 1. The largest absolute Gasteiger partial charge is 0.497 e. The summed E-state index contributed by atoms with van der Waals surface area (Å²) in [6.07, 6.45) is 6.56. The number of benzene rings is 3. The minimum Gasteiger partial charge on any atom is -0.497 e. The summed E-state index contributed by atoms with van der Waals surface area (Å²) in [5, 5.41) is 3.65. The zero-order valence-electron chi connectivity index (χ0n) is 28.6. The zero-order valence-corrected chi connectivity index (χ0v) is 28.6. The van der Waals surface area contributed by atoms with Gasteiger partial charge >= 0.3 is 5.97 Å². The molecule has 0 aliphatic rings. The molecule has 4 rings (SSSR count). The van der Waals surface area contributed by atoms with Gasteiger partial charge in [0.2, 0.25) is 0 Å². The molecule has 1 N–H and O–H groups in total. The Hall–Kier alpha value is -4.52. The molecule has 250 valence electrons. The normalized spacial score (nSPS) is 11.0. The van der Waals surface area contributed by atoms with Crippen molar-refractivity contribution in [2.24, 2.45) is 13.0 Å². The van der Waals surface area contributed by atoms with Crippen LogP contribution in [0.1, 0.15) is 78.0 Å². The van der Waals surface area contributed by atoms with Gasteiger partial charge in [-0.25, -0.2) is 0 Å². The first-order valence-corrected chi connectivity index (χ1v) is 16.8. The minimum absolute atomic E-state index is 0.0216. The molecule has 0 fully saturated rings. The number of ether oxygens (including phenoxy) is 3. The monoisotopic (exact) mass is 638 g/mol. The van der Waals surface area contributed by atoms with Crippen LogP contribution in [-0.4, -0.2) is 43.7 Å². The minimum atomic E-state index is -0.179. The lowest BCUT2D eigenvalue weighted by atomic mass is 9.92. The fraction of sp³-hybridized carbons (Fsp3) is 0.400. The number of hydrogen-bond donors (Lipinski definition) is 1. The summed E-state index contributed by atoms with van der Waals surface area (Å²) in [5.74, 6) is 2.01. The Kier molecular flexibility index (Phi) is 13.5. The summed E-state index contributed by atoms with van der Waals surface area (Å²) >= 11 is 0. The fourth-order valence-electron chi connectivity index (χ4n) is 6.07. The summed E-state index contributed by atoms with van der Waals surface area (Å²) in [7, 11) is 5.38. The summed E-state index contributed by atoms with van der Waals surface area (Å²) in [5.41, 5.74) is 7.00. The molecule has 0 unspecified atom stereocenters. The number of hydrogen-bond acceptors (Lipinski definition) is 6. The molecule has 0 atom stereocenters. The number of ketones is 1. The molecule has 0 aliphatic heterocycles. The van der Waals surface area contributed by atoms with Gasteiger partial charge in [0.1, 0.15) is 11.5 Å². The molecule has 3 aromatic carbocycles. The predicted molar refractivity (Wildman–Crippen MR) is 189 cm³/mol. The van der Waals surface area contributed by atoms with Gasteiger partial charge < -0.3 is 24.1 Å². The maximum absolute atomic E-state index is 13.8. The standard InChI is InChI=1S/C40H50N2O5/c1-6-38-37(27-34(42(38)3)12-9-13-39(43)47-7-2)40(44)32-10-8-11-33(26-32)41-28-31(16-14-29-18-22-35(45-4)23-19-29)17-15-30-20-24-36(46-5)25-21-30/h8,10-11,18-27,31,41H,6-7,9,12-17,28H2,1-5H3. The van der Waals surface area contributed by atoms with E-state index in [1.165, 1.54) is 11.1 Å². The van der Waals surface area contributed by atoms with Crippen molar-refractivity contribution in [3.8, 4) is 11.5 Å². The molecule has 0 amide bonds. The molecule has 0 spiro atoms. The van der Waals surface area contributed by atoms with E-state index in [0.29, 0.717) is 37.4 Å². The third-order valence-electron chi connectivity index (χ3n) is 8.88. The molecular formula is C40H50N2O5. The smallest absolute Gasteiger partial charge is 0.305 e. The van der Waals surface area contributed by atoms with E-state index in [4.69, 9.17) is 14.2 Å². The maximum atomic E-state index is 13.8. The van der Waals surface area contributed by atoms with Crippen LogP contribution in [0.3, 0.4) is 0 Å². The van der Waals surface area contributed by atoms with Crippen LogP contribution in [0.15, 0.2) is 78.9 Å². The average molecular weight is 639 g/mol. The second-order valence-electron chi connectivity index (χ2n) is 12.0. The molecule has 0 saturated carbocycles. The zero-order chi connectivity index (χ0) is 33.6. The van der Waals surface area contributed by atoms with Crippen molar-refractivity contribution in [3.63, 3.8) is 0 Å². The van der Waals surface area contributed by atoms with Gasteiger partial charge in [-0.2, -0.15) is 0 Å². The van der Waals surface area contributed by atoms with Crippen molar-refractivity contribution < 1.29 is 23.8 Å². The van der Waals surface area contributed by atoms with Crippen LogP contribution < -0.4 is 14.8 Å². The number of carbonyl (C=O) groups excluding carboxylic acids is 2. The lowest BCUT2D eigenvalue weighted by molar-refractivity contribution is -0.143. The van der Waals surface area contributed by atoms with Crippen LogP contribution in [0.25, 0.3) is 0 Å². The van der Waals surface area contributed by atoms with E-state index < -0.39 is 0 Å². The van der Waals surface area contributed by atoms with Gasteiger partial charge in [0.25, 0.3) is 0 Å². The van der Waals surface area contributed by atoms with Crippen molar-refractivity contribution in [2.75, 3.05) is 32.7 Å². The van der Waals surface area contributed by atoms with Crippen molar-refractivity contribution >= 4 is 17.4 Å². The second kappa shape index (κ2) is 18.0. The third-order valence-corrected chi connectivity index (χ3v) is 8.88. The molecule has 1 aromatic heterocycles. The highest BCUT2D eigenvalue weighted by Gasteiger charge is 2.20. The van der Waals surface area contributed by atoms with Crippen LogP contribution in [0.4, 0.5) is 5.69 Å². The summed E-state index contributed by atoms with van der Waals surface area (Å²) in [6.45, 7) is 5.09. The number of carbonyl (C=O) groups is 2. The highest BCUT2D eigenvalue weighted by atomic mass is 16.5. The van der Waals surface area contributed by atoms with Crippen LogP contribution in [0.5, 0.6) is 11.5 Å². The molecule has 0 aliphatic carbocycles. The van der Waals surface area contributed by atoms with Gasteiger partial charge in [-0.15, -0.1) is 0 Å². The number of rotatable bonds is 19. The Balaban J connectivity index is 1.43. The van der Waals surface area contributed by atoms with E-state index in [0.717, 1.165) is 72.8 Å². The first-order chi connectivity index (χ1) is 22.8. The average Bonchev–Trinajstić information content (AvgIpc) is 3.42. The Morgan fingerprint density at radius 2 is 1.43 bits per heavy atom. The summed E-state index contributed by atoms with van der Waals surface area (Å²) in [6, 6.07) is 26.5. The number of aryl methyl sites for hydroxylation is 3. The van der Waals surface area contributed by atoms with E-state index in [2.05, 4.69) is 41.1 Å². The number of nitrogens with one attached hydrogen (secondary N) is 1. The predicted octanol–water partition coefficient (Wildman–Crippen LogP) is 8.02. The number of anilines is 1. The van der Waals surface area contributed by atoms with E-state index >= 15 is 0 Å².